The van der Waals surface area contributed by atoms with Gasteiger partial charge in [-0.05, 0) is 6.07 Å². The molecule has 3 nitrogen and oxygen atoms in total. The summed E-state index contributed by atoms with van der Waals surface area (Å²) in [6.45, 7) is 8.80. The van der Waals surface area contributed by atoms with Gasteiger partial charge in [-0.15, -0.1) is 0 Å². The van der Waals surface area contributed by atoms with Crippen molar-refractivity contribution in [2.24, 2.45) is 5.73 Å². The standard InChI is InChI=1S/C8H9NO2.2C2H6/c9-4-6-2-1-3-7-8(6)11-5-10-7;2*1-2/h1-3H,4-5,9H2;2*1-2H3. The Labute approximate surface area is 92.2 Å². The topological polar surface area (TPSA) is 44.5 Å². The lowest BCUT2D eigenvalue weighted by Crippen LogP contribution is -1.98. The summed E-state index contributed by atoms with van der Waals surface area (Å²) < 4.78 is 10.4. The molecule has 0 aromatic heterocycles. The molecule has 0 bridgehead atoms. The molecule has 1 heterocycles. The molecule has 0 saturated carbocycles. The SMILES string of the molecule is CC.CC.NCc1cccc2c1OCO2. The molecule has 0 fully saturated rings. The average molecular weight is 211 g/mol. The van der Waals surface area contributed by atoms with Crippen molar-refractivity contribution < 1.29 is 9.47 Å². The Morgan fingerprint density at radius 3 is 2.40 bits per heavy atom. The molecule has 15 heavy (non-hydrogen) atoms. The van der Waals surface area contributed by atoms with Crippen LogP contribution in [0.3, 0.4) is 0 Å². The molecule has 86 valence electrons. The summed E-state index contributed by atoms with van der Waals surface area (Å²) in [6.07, 6.45) is 0. The van der Waals surface area contributed by atoms with Crippen LogP contribution >= 0.6 is 0 Å². The molecule has 0 aliphatic carbocycles. The van der Waals surface area contributed by atoms with E-state index in [1.165, 1.54) is 0 Å². The second-order valence-corrected chi connectivity index (χ2v) is 2.36. The van der Waals surface area contributed by atoms with Gasteiger partial charge in [0.25, 0.3) is 0 Å². The molecule has 1 aromatic carbocycles. The number of para-hydroxylation sites is 1. The largest absolute Gasteiger partial charge is 0.454 e. The number of rotatable bonds is 1. The Kier molecular flexibility index (Phi) is 7.46. The van der Waals surface area contributed by atoms with Crippen molar-refractivity contribution in [1.29, 1.82) is 0 Å². The number of hydrogen-bond acceptors (Lipinski definition) is 3. The van der Waals surface area contributed by atoms with E-state index in [2.05, 4.69) is 0 Å². The van der Waals surface area contributed by atoms with Crippen LogP contribution < -0.4 is 15.2 Å². The first-order chi connectivity index (χ1) is 7.42. The normalized spacial score (nSPS) is 10.7. The van der Waals surface area contributed by atoms with Crippen LogP contribution in [0.2, 0.25) is 0 Å². The van der Waals surface area contributed by atoms with Gasteiger partial charge in [-0.3, -0.25) is 0 Å². The molecule has 0 saturated heterocycles. The predicted molar refractivity (Wildman–Crippen MR) is 63.2 cm³/mol. The van der Waals surface area contributed by atoms with Gasteiger partial charge in [-0.2, -0.15) is 0 Å². The number of hydrogen-bond donors (Lipinski definition) is 1. The fourth-order valence-corrected chi connectivity index (χ4v) is 1.15. The van der Waals surface area contributed by atoms with Crippen LogP contribution in [0.4, 0.5) is 0 Å². The lowest BCUT2D eigenvalue weighted by atomic mass is 10.2. The maximum atomic E-state index is 5.49. The van der Waals surface area contributed by atoms with Gasteiger partial charge in [0.05, 0.1) is 0 Å². The van der Waals surface area contributed by atoms with E-state index in [0.29, 0.717) is 13.3 Å². The van der Waals surface area contributed by atoms with Crippen LogP contribution in [-0.2, 0) is 6.54 Å². The molecule has 0 amide bonds. The maximum Gasteiger partial charge on any atom is 0.231 e. The number of benzene rings is 1. The Morgan fingerprint density at radius 2 is 1.80 bits per heavy atom. The van der Waals surface area contributed by atoms with E-state index in [-0.39, 0.29) is 0 Å². The minimum atomic E-state index is 0.312. The molecule has 1 aliphatic heterocycles. The van der Waals surface area contributed by atoms with Crippen LogP contribution in [0.1, 0.15) is 33.3 Å². The van der Waals surface area contributed by atoms with Gasteiger partial charge < -0.3 is 15.2 Å². The number of nitrogens with two attached hydrogens (primary N) is 1. The van der Waals surface area contributed by atoms with E-state index in [9.17, 15) is 0 Å². The zero-order valence-electron chi connectivity index (χ0n) is 10.0. The summed E-state index contributed by atoms with van der Waals surface area (Å²) >= 11 is 0. The van der Waals surface area contributed by atoms with Crippen molar-refractivity contribution in [2.45, 2.75) is 34.2 Å². The molecule has 1 aliphatic rings. The van der Waals surface area contributed by atoms with Crippen molar-refractivity contribution in [2.75, 3.05) is 6.79 Å². The molecule has 1 aromatic rings. The van der Waals surface area contributed by atoms with E-state index < -0.39 is 0 Å². The molecule has 0 radical (unpaired) electrons. The first kappa shape index (κ1) is 13.8. The van der Waals surface area contributed by atoms with Crippen LogP contribution in [0.5, 0.6) is 11.5 Å². The summed E-state index contributed by atoms with van der Waals surface area (Å²) in [5, 5.41) is 0. The highest BCUT2D eigenvalue weighted by molar-refractivity contribution is 5.47. The van der Waals surface area contributed by atoms with Gasteiger partial charge in [-0.1, -0.05) is 39.8 Å². The molecule has 0 unspecified atom stereocenters. The third-order valence-electron chi connectivity index (χ3n) is 1.70. The molecule has 0 atom stereocenters. The van der Waals surface area contributed by atoms with Crippen molar-refractivity contribution >= 4 is 0 Å². The van der Waals surface area contributed by atoms with Gasteiger partial charge in [-0.25, -0.2) is 0 Å². The third kappa shape index (κ3) is 3.44. The number of ether oxygens (including phenoxy) is 2. The van der Waals surface area contributed by atoms with Crippen LogP contribution in [0.15, 0.2) is 18.2 Å². The minimum Gasteiger partial charge on any atom is -0.454 e. The van der Waals surface area contributed by atoms with Gasteiger partial charge in [0.2, 0.25) is 6.79 Å². The van der Waals surface area contributed by atoms with Crippen molar-refractivity contribution in [3.05, 3.63) is 23.8 Å². The monoisotopic (exact) mass is 211 g/mol. The van der Waals surface area contributed by atoms with Crippen LogP contribution in [0.25, 0.3) is 0 Å². The summed E-state index contributed by atoms with van der Waals surface area (Å²) in [7, 11) is 0. The highest BCUT2D eigenvalue weighted by Gasteiger charge is 2.15. The summed E-state index contributed by atoms with van der Waals surface area (Å²) in [6, 6.07) is 5.73. The van der Waals surface area contributed by atoms with Crippen LogP contribution in [-0.4, -0.2) is 6.79 Å². The number of fused-ring (bicyclic) bond motifs is 1. The Balaban J connectivity index is 0.000000442. The zero-order valence-corrected chi connectivity index (χ0v) is 10.0. The van der Waals surface area contributed by atoms with E-state index in [1.807, 2.05) is 45.9 Å². The van der Waals surface area contributed by atoms with Crippen molar-refractivity contribution in [3.8, 4) is 11.5 Å². The van der Waals surface area contributed by atoms with Gasteiger partial charge in [0.1, 0.15) is 0 Å². The second kappa shape index (κ2) is 8.12. The molecular weight excluding hydrogens is 190 g/mol. The van der Waals surface area contributed by atoms with Gasteiger partial charge in [0.15, 0.2) is 11.5 Å². The first-order valence-electron chi connectivity index (χ1n) is 5.49. The van der Waals surface area contributed by atoms with Gasteiger partial charge in [0, 0.05) is 12.1 Å². The van der Waals surface area contributed by atoms with E-state index in [0.717, 1.165) is 17.1 Å². The van der Waals surface area contributed by atoms with Crippen LogP contribution in [0, 0.1) is 0 Å². The lowest BCUT2D eigenvalue weighted by molar-refractivity contribution is 0.173. The van der Waals surface area contributed by atoms with E-state index in [4.69, 9.17) is 15.2 Å². The molecule has 2 rings (SSSR count). The fourth-order valence-electron chi connectivity index (χ4n) is 1.15. The molecule has 3 heteroatoms. The molecule has 0 spiro atoms. The lowest BCUT2D eigenvalue weighted by Gasteiger charge is -2.00. The first-order valence-corrected chi connectivity index (χ1v) is 5.49. The summed E-state index contributed by atoms with van der Waals surface area (Å²) in [5.41, 5.74) is 6.49. The van der Waals surface area contributed by atoms with Crippen molar-refractivity contribution in [3.63, 3.8) is 0 Å². The molecule has 2 N–H and O–H groups in total. The summed E-state index contributed by atoms with van der Waals surface area (Å²) in [5.74, 6) is 1.60. The highest BCUT2D eigenvalue weighted by atomic mass is 16.7. The highest BCUT2D eigenvalue weighted by Crippen LogP contribution is 2.34. The second-order valence-electron chi connectivity index (χ2n) is 2.36. The smallest absolute Gasteiger partial charge is 0.231 e. The third-order valence-corrected chi connectivity index (χ3v) is 1.70. The van der Waals surface area contributed by atoms with E-state index in [1.54, 1.807) is 0 Å². The Morgan fingerprint density at radius 1 is 1.13 bits per heavy atom. The maximum absolute atomic E-state index is 5.49. The summed E-state index contributed by atoms with van der Waals surface area (Å²) in [4.78, 5) is 0. The molecular formula is C12H21NO2. The Bertz CT molecular complexity index is 274. The average Bonchev–Trinajstić information content (AvgIpc) is 2.82. The zero-order chi connectivity index (χ0) is 11.7. The predicted octanol–water partition coefficient (Wildman–Crippen LogP) is 2.93. The minimum absolute atomic E-state index is 0.312. The quantitative estimate of drug-likeness (QED) is 0.776. The fraction of sp³-hybridized carbons (Fsp3) is 0.500. The van der Waals surface area contributed by atoms with Gasteiger partial charge >= 0.3 is 0 Å². The van der Waals surface area contributed by atoms with E-state index >= 15 is 0 Å². The Hall–Kier alpha value is -1.22. The van der Waals surface area contributed by atoms with Crippen molar-refractivity contribution in [1.82, 2.24) is 0 Å².